The number of carbonyl (C=O) groups is 1. The molecule has 1 saturated heterocycles. The number of hydrogen-bond acceptors (Lipinski definition) is 2. The van der Waals surface area contributed by atoms with Gasteiger partial charge in [-0.05, 0) is 30.9 Å². The number of para-hydroxylation sites is 2. The number of halogens is 3. The minimum Gasteiger partial charge on any atom is -0.341 e. The molecule has 1 amide bonds. The Morgan fingerprint density at radius 3 is 2.57 bits per heavy atom. The molecule has 7 heteroatoms. The second-order valence-corrected chi connectivity index (χ2v) is 6.07. The van der Waals surface area contributed by atoms with Gasteiger partial charge in [0.1, 0.15) is 6.54 Å². The summed E-state index contributed by atoms with van der Waals surface area (Å²) in [4.78, 5) is 17.7. The minimum absolute atomic E-state index is 0.250. The van der Waals surface area contributed by atoms with E-state index in [1.165, 1.54) is 6.07 Å². The van der Waals surface area contributed by atoms with Crippen LogP contribution in [0.5, 0.6) is 0 Å². The third-order valence-corrected chi connectivity index (χ3v) is 4.34. The van der Waals surface area contributed by atoms with Crippen LogP contribution in [-0.4, -0.2) is 33.4 Å². The number of nitrogens with zero attached hydrogens (tertiary/aromatic N) is 3. The van der Waals surface area contributed by atoms with E-state index in [0.29, 0.717) is 24.5 Å². The van der Waals surface area contributed by atoms with E-state index in [1.54, 1.807) is 23.1 Å². The van der Waals surface area contributed by atoms with Gasteiger partial charge in [-0.15, -0.1) is 0 Å². The van der Waals surface area contributed by atoms with E-state index in [0.717, 1.165) is 17.4 Å². The van der Waals surface area contributed by atoms with Crippen LogP contribution in [0, 0.1) is 5.92 Å². The second-order valence-electron chi connectivity index (χ2n) is 6.07. The summed E-state index contributed by atoms with van der Waals surface area (Å²) < 4.78 is 40.6. The van der Waals surface area contributed by atoms with Crippen LogP contribution < -0.4 is 0 Å². The standard InChI is InChI=1S/C16H18F3N3O/c1-11-6-8-21(9-7-11)14(23)10-22-13-5-3-2-4-12(13)20-15(22)16(17,18)19/h2-5,11H,6-10H2,1H3. The molecule has 1 aliphatic rings. The largest absolute Gasteiger partial charge is 0.449 e. The lowest BCUT2D eigenvalue weighted by atomic mass is 9.99. The fourth-order valence-corrected chi connectivity index (χ4v) is 2.95. The van der Waals surface area contributed by atoms with E-state index < -0.39 is 12.0 Å². The predicted molar refractivity (Wildman–Crippen MR) is 79.7 cm³/mol. The van der Waals surface area contributed by atoms with Gasteiger partial charge >= 0.3 is 6.18 Å². The Labute approximate surface area is 131 Å². The van der Waals surface area contributed by atoms with Gasteiger partial charge in [0.05, 0.1) is 11.0 Å². The number of alkyl halides is 3. The fourth-order valence-electron chi connectivity index (χ4n) is 2.95. The Morgan fingerprint density at radius 1 is 1.26 bits per heavy atom. The molecule has 0 unspecified atom stereocenters. The SMILES string of the molecule is CC1CCN(C(=O)Cn2c(C(F)(F)F)nc3ccccc32)CC1. The van der Waals surface area contributed by atoms with Gasteiger partial charge in [0.2, 0.25) is 11.7 Å². The van der Waals surface area contributed by atoms with Crippen molar-refractivity contribution in [2.75, 3.05) is 13.1 Å². The molecule has 0 atom stereocenters. The topological polar surface area (TPSA) is 38.1 Å². The van der Waals surface area contributed by atoms with Crippen LogP contribution in [0.1, 0.15) is 25.6 Å². The van der Waals surface area contributed by atoms with Crippen LogP contribution in [-0.2, 0) is 17.5 Å². The number of likely N-dealkylation sites (tertiary alicyclic amines) is 1. The number of hydrogen-bond donors (Lipinski definition) is 0. The highest BCUT2D eigenvalue weighted by molar-refractivity contribution is 5.81. The summed E-state index contributed by atoms with van der Waals surface area (Å²) in [7, 11) is 0. The maximum absolute atomic E-state index is 13.2. The summed E-state index contributed by atoms with van der Waals surface area (Å²) in [6.07, 6.45) is -2.80. The number of fused-ring (bicyclic) bond motifs is 1. The highest BCUT2D eigenvalue weighted by Gasteiger charge is 2.38. The molecule has 1 aliphatic heterocycles. The third kappa shape index (κ3) is 3.18. The molecule has 1 aromatic carbocycles. The fraction of sp³-hybridized carbons (Fsp3) is 0.500. The lowest BCUT2D eigenvalue weighted by molar-refractivity contribution is -0.148. The van der Waals surface area contributed by atoms with E-state index in [1.807, 2.05) is 0 Å². The summed E-state index contributed by atoms with van der Waals surface area (Å²) >= 11 is 0. The first-order chi connectivity index (χ1) is 10.9. The van der Waals surface area contributed by atoms with Crippen molar-refractivity contribution in [3.63, 3.8) is 0 Å². The summed E-state index contributed by atoms with van der Waals surface area (Å²) in [6, 6.07) is 6.36. The average molecular weight is 325 g/mol. The van der Waals surface area contributed by atoms with Gasteiger partial charge in [-0.1, -0.05) is 19.1 Å². The molecule has 23 heavy (non-hydrogen) atoms. The maximum atomic E-state index is 13.2. The monoisotopic (exact) mass is 325 g/mol. The molecular formula is C16H18F3N3O. The van der Waals surface area contributed by atoms with Crippen molar-refractivity contribution in [3.05, 3.63) is 30.1 Å². The number of amides is 1. The van der Waals surface area contributed by atoms with Crippen molar-refractivity contribution < 1.29 is 18.0 Å². The summed E-state index contributed by atoms with van der Waals surface area (Å²) in [6.45, 7) is 3.00. The lowest BCUT2D eigenvalue weighted by Gasteiger charge is -2.30. The Hall–Kier alpha value is -2.05. The zero-order valence-electron chi connectivity index (χ0n) is 12.8. The van der Waals surface area contributed by atoms with Crippen LogP contribution in [0.15, 0.2) is 24.3 Å². The molecule has 1 aromatic heterocycles. The number of imidazole rings is 1. The molecule has 0 radical (unpaired) electrons. The molecule has 0 N–H and O–H groups in total. The number of aromatic nitrogens is 2. The molecule has 0 saturated carbocycles. The molecular weight excluding hydrogens is 307 g/mol. The van der Waals surface area contributed by atoms with Crippen LogP contribution in [0.4, 0.5) is 13.2 Å². The smallest absolute Gasteiger partial charge is 0.341 e. The highest BCUT2D eigenvalue weighted by Crippen LogP contribution is 2.31. The van der Waals surface area contributed by atoms with Crippen LogP contribution in [0.3, 0.4) is 0 Å². The van der Waals surface area contributed by atoms with Crippen LogP contribution in [0.2, 0.25) is 0 Å². The zero-order valence-corrected chi connectivity index (χ0v) is 12.8. The van der Waals surface area contributed by atoms with Crippen LogP contribution in [0.25, 0.3) is 11.0 Å². The van der Waals surface area contributed by atoms with E-state index in [-0.39, 0.29) is 18.0 Å². The number of rotatable bonds is 2. The molecule has 0 bridgehead atoms. The predicted octanol–water partition coefficient (Wildman–Crippen LogP) is 3.31. The Bertz CT molecular complexity index is 715. The zero-order chi connectivity index (χ0) is 16.6. The number of carbonyl (C=O) groups excluding carboxylic acids is 1. The number of benzene rings is 1. The van der Waals surface area contributed by atoms with Gasteiger partial charge in [0.15, 0.2) is 0 Å². The molecule has 0 spiro atoms. The molecule has 2 aromatic rings. The molecule has 1 fully saturated rings. The quantitative estimate of drug-likeness (QED) is 0.849. The van der Waals surface area contributed by atoms with E-state index in [4.69, 9.17) is 0 Å². The molecule has 0 aliphatic carbocycles. The molecule has 4 nitrogen and oxygen atoms in total. The summed E-state index contributed by atoms with van der Waals surface area (Å²) in [5, 5.41) is 0. The van der Waals surface area contributed by atoms with Crippen molar-refractivity contribution in [1.29, 1.82) is 0 Å². The van der Waals surface area contributed by atoms with Crippen molar-refractivity contribution in [3.8, 4) is 0 Å². The van der Waals surface area contributed by atoms with Crippen molar-refractivity contribution in [2.45, 2.75) is 32.5 Å². The molecule has 124 valence electrons. The number of piperidine rings is 1. The lowest BCUT2D eigenvalue weighted by Crippen LogP contribution is -2.40. The van der Waals surface area contributed by atoms with Crippen molar-refractivity contribution in [1.82, 2.24) is 14.5 Å². The van der Waals surface area contributed by atoms with Gasteiger partial charge in [0, 0.05) is 13.1 Å². The Balaban J connectivity index is 1.91. The van der Waals surface area contributed by atoms with Gasteiger partial charge in [0.25, 0.3) is 0 Å². The average Bonchev–Trinajstić information content (AvgIpc) is 2.87. The Kier molecular flexibility index (Phi) is 4.04. The molecule has 2 heterocycles. The van der Waals surface area contributed by atoms with E-state index in [2.05, 4.69) is 11.9 Å². The molecule has 3 rings (SSSR count). The maximum Gasteiger partial charge on any atom is 0.449 e. The van der Waals surface area contributed by atoms with Crippen molar-refractivity contribution >= 4 is 16.9 Å². The minimum atomic E-state index is -4.59. The van der Waals surface area contributed by atoms with E-state index in [9.17, 15) is 18.0 Å². The third-order valence-electron chi connectivity index (χ3n) is 4.34. The van der Waals surface area contributed by atoms with Crippen LogP contribution >= 0.6 is 0 Å². The van der Waals surface area contributed by atoms with Crippen molar-refractivity contribution in [2.24, 2.45) is 5.92 Å². The van der Waals surface area contributed by atoms with Gasteiger partial charge in [-0.2, -0.15) is 13.2 Å². The normalized spacial score (nSPS) is 17.0. The van der Waals surface area contributed by atoms with Gasteiger partial charge in [-0.3, -0.25) is 4.79 Å². The first kappa shape index (κ1) is 15.8. The van der Waals surface area contributed by atoms with E-state index >= 15 is 0 Å². The van der Waals surface area contributed by atoms with Gasteiger partial charge in [-0.25, -0.2) is 4.98 Å². The first-order valence-corrected chi connectivity index (χ1v) is 7.66. The highest BCUT2D eigenvalue weighted by atomic mass is 19.4. The second kappa shape index (κ2) is 5.86. The summed E-state index contributed by atoms with van der Waals surface area (Å²) in [5.74, 6) is -0.748. The van der Waals surface area contributed by atoms with Gasteiger partial charge < -0.3 is 9.47 Å². The first-order valence-electron chi connectivity index (χ1n) is 7.66. The summed E-state index contributed by atoms with van der Waals surface area (Å²) in [5.41, 5.74) is 0.582. The Morgan fingerprint density at radius 2 is 1.91 bits per heavy atom.